The number of thiocarbonyl (C=S) groups is 1. The number of ether oxygens (including phenoxy) is 1. The summed E-state index contributed by atoms with van der Waals surface area (Å²) in [7, 11) is 1.63. The number of benzene rings is 2. The molecule has 1 aliphatic rings. The fourth-order valence-electron chi connectivity index (χ4n) is 3.18. The number of hydrogen-bond donors (Lipinski definition) is 2. The number of nitrogens with zero attached hydrogens (tertiary/aromatic N) is 1. The first-order valence-corrected chi connectivity index (χ1v) is 8.44. The molecule has 0 spiro atoms. The fraction of sp³-hybridized carbons (Fsp3) is 0.158. The van der Waals surface area contributed by atoms with E-state index in [1.54, 1.807) is 11.7 Å². The summed E-state index contributed by atoms with van der Waals surface area (Å²) in [5, 5.41) is 8.12. The van der Waals surface area contributed by atoms with Crippen LogP contribution in [-0.2, 0) is 6.54 Å². The molecule has 0 bridgehead atoms. The number of anilines is 2. The van der Waals surface area contributed by atoms with Crippen LogP contribution in [0.5, 0.6) is 5.75 Å². The van der Waals surface area contributed by atoms with E-state index in [0.29, 0.717) is 16.9 Å². The van der Waals surface area contributed by atoms with Crippen molar-refractivity contribution in [1.82, 2.24) is 4.57 Å². The van der Waals surface area contributed by atoms with Crippen molar-refractivity contribution in [1.29, 1.82) is 0 Å². The smallest absolute Gasteiger partial charge is 0.260 e. The van der Waals surface area contributed by atoms with E-state index in [1.807, 2.05) is 48.5 Å². The lowest BCUT2D eigenvalue weighted by Gasteiger charge is -2.16. The van der Waals surface area contributed by atoms with Gasteiger partial charge in [-0.25, -0.2) is 0 Å². The van der Waals surface area contributed by atoms with Crippen LogP contribution in [0.25, 0.3) is 10.8 Å². The zero-order chi connectivity index (χ0) is 17.4. The second kappa shape index (κ2) is 6.22. The Bertz CT molecular complexity index is 1030. The summed E-state index contributed by atoms with van der Waals surface area (Å²) in [6.07, 6.45) is 0. The molecule has 0 radical (unpaired) electrons. The van der Waals surface area contributed by atoms with Crippen LogP contribution in [0.3, 0.4) is 0 Å². The standard InChI is InChI=1S/C19H17N3O2S/c1-24-13-8-6-12(7-9-13)21-18(25)16-14-4-2-3-5-15(14)19(23)22-11-10-20-17(16)22/h2-9,20H,10-11H2,1H3,(H,21,25). The Kier molecular flexibility index (Phi) is 3.89. The Morgan fingerprint density at radius 1 is 1.16 bits per heavy atom. The maximum atomic E-state index is 12.7. The number of hydrogen-bond acceptors (Lipinski definition) is 4. The maximum absolute atomic E-state index is 12.7. The van der Waals surface area contributed by atoms with Crippen molar-refractivity contribution in [2.75, 3.05) is 24.3 Å². The first kappa shape index (κ1) is 15.7. The minimum atomic E-state index is 0.0200. The zero-order valence-electron chi connectivity index (χ0n) is 13.7. The van der Waals surface area contributed by atoms with E-state index in [4.69, 9.17) is 17.0 Å². The van der Waals surface area contributed by atoms with Crippen LogP contribution in [0.1, 0.15) is 5.56 Å². The minimum Gasteiger partial charge on any atom is -0.497 e. The summed E-state index contributed by atoms with van der Waals surface area (Å²) >= 11 is 5.68. The van der Waals surface area contributed by atoms with Gasteiger partial charge in [0.05, 0.1) is 12.7 Å². The molecule has 3 aromatic rings. The Labute approximate surface area is 150 Å². The van der Waals surface area contributed by atoms with Crippen LogP contribution in [0.4, 0.5) is 11.5 Å². The van der Waals surface area contributed by atoms with Crippen molar-refractivity contribution in [2.45, 2.75) is 6.54 Å². The highest BCUT2D eigenvalue weighted by atomic mass is 32.1. The van der Waals surface area contributed by atoms with Gasteiger partial charge in [-0.15, -0.1) is 0 Å². The summed E-state index contributed by atoms with van der Waals surface area (Å²) in [4.78, 5) is 13.3. The molecule has 0 atom stereocenters. The topological polar surface area (TPSA) is 55.3 Å². The first-order chi connectivity index (χ1) is 12.2. The molecule has 2 aromatic carbocycles. The molecule has 2 heterocycles. The van der Waals surface area contributed by atoms with Gasteiger partial charge in [0, 0.05) is 29.5 Å². The number of nitrogens with one attached hydrogen (secondary N) is 2. The first-order valence-electron chi connectivity index (χ1n) is 8.04. The van der Waals surface area contributed by atoms with Crippen LogP contribution >= 0.6 is 12.2 Å². The number of aromatic nitrogens is 1. The summed E-state index contributed by atoms with van der Waals surface area (Å²) in [5.74, 6) is 1.57. The van der Waals surface area contributed by atoms with Crippen molar-refractivity contribution in [3.05, 3.63) is 64.4 Å². The molecule has 126 valence electrons. The highest BCUT2D eigenvalue weighted by Crippen LogP contribution is 2.28. The van der Waals surface area contributed by atoms with E-state index in [-0.39, 0.29) is 5.56 Å². The molecule has 0 saturated heterocycles. The molecule has 1 aromatic heterocycles. The van der Waals surface area contributed by atoms with E-state index < -0.39 is 0 Å². The van der Waals surface area contributed by atoms with Crippen molar-refractivity contribution in [3.63, 3.8) is 0 Å². The van der Waals surface area contributed by atoms with Gasteiger partial charge in [0.15, 0.2) is 0 Å². The third-order valence-corrected chi connectivity index (χ3v) is 4.69. The van der Waals surface area contributed by atoms with Crippen LogP contribution in [0.2, 0.25) is 0 Å². The summed E-state index contributed by atoms with van der Waals surface area (Å²) in [5.41, 5.74) is 1.75. The second-order valence-electron chi connectivity index (χ2n) is 5.84. The highest BCUT2D eigenvalue weighted by Gasteiger charge is 2.22. The van der Waals surface area contributed by atoms with Gasteiger partial charge < -0.3 is 15.4 Å². The molecule has 4 rings (SSSR count). The van der Waals surface area contributed by atoms with E-state index >= 15 is 0 Å². The lowest BCUT2D eigenvalue weighted by Crippen LogP contribution is -2.22. The van der Waals surface area contributed by atoms with Gasteiger partial charge in [0.25, 0.3) is 5.56 Å². The molecule has 5 nitrogen and oxygen atoms in total. The number of rotatable bonds is 3. The average molecular weight is 351 g/mol. The van der Waals surface area contributed by atoms with E-state index in [2.05, 4.69) is 10.6 Å². The van der Waals surface area contributed by atoms with Crippen molar-refractivity contribution in [3.8, 4) is 5.75 Å². The van der Waals surface area contributed by atoms with Crippen LogP contribution in [0.15, 0.2) is 53.3 Å². The van der Waals surface area contributed by atoms with Gasteiger partial charge in [-0.2, -0.15) is 0 Å². The molecule has 0 unspecified atom stereocenters. The third-order valence-electron chi connectivity index (χ3n) is 4.38. The predicted molar refractivity (Wildman–Crippen MR) is 105 cm³/mol. The zero-order valence-corrected chi connectivity index (χ0v) is 14.5. The Morgan fingerprint density at radius 2 is 1.88 bits per heavy atom. The van der Waals surface area contributed by atoms with Gasteiger partial charge in [-0.05, 0) is 30.3 Å². The van der Waals surface area contributed by atoms with E-state index in [1.165, 1.54) is 0 Å². The Morgan fingerprint density at radius 3 is 2.60 bits per heavy atom. The molecule has 2 N–H and O–H groups in total. The number of methoxy groups -OCH3 is 1. The second-order valence-corrected chi connectivity index (χ2v) is 6.24. The molecule has 6 heteroatoms. The lowest BCUT2D eigenvalue weighted by molar-refractivity contribution is 0.415. The molecule has 0 saturated carbocycles. The molecule has 1 aliphatic heterocycles. The SMILES string of the molecule is COc1ccc(NC(=S)c2c3n(c(=O)c4ccccc24)CCN3)cc1. The normalized spacial score (nSPS) is 12.5. The maximum Gasteiger partial charge on any atom is 0.260 e. The molecular weight excluding hydrogens is 334 g/mol. The number of pyridine rings is 1. The average Bonchev–Trinajstić information content (AvgIpc) is 3.12. The Hall–Kier alpha value is -2.86. The van der Waals surface area contributed by atoms with Crippen molar-refractivity contribution in [2.24, 2.45) is 0 Å². The van der Waals surface area contributed by atoms with Crippen LogP contribution < -0.4 is 20.9 Å². The number of fused-ring (bicyclic) bond motifs is 2. The summed E-state index contributed by atoms with van der Waals surface area (Å²) < 4.78 is 6.95. The largest absolute Gasteiger partial charge is 0.497 e. The summed E-state index contributed by atoms with van der Waals surface area (Å²) in [6.45, 7) is 1.38. The van der Waals surface area contributed by atoms with Gasteiger partial charge in [-0.1, -0.05) is 30.4 Å². The molecule has 0 fully saturated rings. The fourth-order valence-corrected chi connectivity index (χ4v) is 3.50. The van der Waals surface area contributed by atoms with Gasteiger partial charge in [0.2, 0.25) is 0 Å². The third kappa shape index (κ3) is 2.64. The highest BCUT2D eigenvalue weighted by molar-refractivity contribution is 7.81. The van der Waals surface area contributed by atoms with E-state index in [0.717, 1.165) is 34.7 Å². The molecule has 25 heavy (non-hydrogen) atoms. The monoisotopic (exact) mass is 351 g/mol. The van der Waals surface area contributed by atoms with Crippen molar-refractivity contribution >= 4 is 39.5 Å². The van der Waals surface area contributed by atoms with Gasteiger partial charge >= 0.3 is 0 Å². The van der Waals surface area contributed by atoms with E-state index in [9.17, 15) is 4.79 Å². The van der Waals surface area contributed by atoms with Crippen LogP contribution in [-0.4, -0.2) is 23.2 Å². The van der Waals surface area contributed by atoms with Gasteiger partial charge in [-0.3, -0.25) is 9.36 Å². The molecular formula is C19H17N3O2S. The summed E-state index contributed by atoms with van der Waals surface area (Å²) in [6, 6.07) is 15.2. The van der Waals surface area contributed by atoms with Gasteiger partial charge in [0.1, 0.15) is 16.6 Å². The molecule has 0 aliphatic carbocycles. The van der Waals surface area contributed by atoms with Crippen molar-refractivity contribution < 1.29 is 4.74 Å². The lowest BCUT2D eigenvalue weighted by atomic mass is 10.1. The Balaban J connectivity index is 1.81. The minimum absolute atomic E-state index is 0.0200. The molecule has 0 amide bonds. The predicted octanol–water partition coefficient (Wildman–Crippen LogP) is 3.22. The van der Waals surface area contributed by atoms with Crippen LogP contribution in [0, 0.1) is 0 Å². The quantitative estimate of drug-likeness (QED) is 0.710.